The van der Waals surface area contributed by atoms with Crippen molar-refractivity contribution in [2.24, 2.45) is 0 Å². The molecule has 0 aliphatic rings. The summed E-state index contributed by atoms with van der Waals surface area (Å²) in [6.07, 6.45) is 0.496. The van der Waals surface area contributed by atoms with Gasteiger partial charge < -0.3 is 14.2 Å². The number of carbonyl (C=O) groups is 1. The van der Waals surface area contributed by atoms with Crippen molar-refractivity contribution in [1.29, 1.82) is 0 Å². The molecule has 0 aliphatic carbocycles. The van der Waals surface area contributed by atoms with Crippen molar-refractivity contribution in [1.82, 2.24) is 0 Å². The fourth-order valence-electron chi connectivity index (χ4n) is 3.01. The number of benzene rings is 2. The third-order valence-electron chi connectivity index (χ3n) is 4.58. The molecule has 2 rings (SSSR count). The highest BCUT2D eigenvalue weighted by Gasteiger charge is 2.35. The van der Waals surface area contributed by atoms with Crippen LogP contribution in [0.3, 0.4) is 0 Å². The van der Waals surface area contributed by atoms with Gasteiger partial charge in [-0.2, -0.15) is 0 Å². The maximum Gasteiger partial charge on any atom is 0.334 e. The number of hydrogen-bond donors (Lipinski definition) is 0. The SMILES string of the molecule is COc1c(OCCC(C)c2ccc(F)cc2)c(OCCCl)c(C(C)=O)c(Cl)c1[N+](=O)[O-]. The number of Topliss-reactive ketones (excluding diaryl/α,β-unsaturated/α-hetero) is 1. The van der Waals surface area contributed by atoms with E-state index in [1.807, 2.05) is 6.92 Å². The van der Waals surface area contributed by atoms with Crippen LogP contribution in [0, 0.1) is 15.9 Å². The summed E-state index contributed by atoms with van der Waals surface area (Å²) >= 11 is 11.9. The molecule has 0 N–H and O–H groups in total. The maximum atomic E-state index is 13.1. The highest BCUT2D eigenvalue weighted by atomic mass is 35.5. The molecule has 31 heavy (non-hydrogen) atoms. The van der Waals surface area contributed by atoms with Crippen molar-refractivity contribution in [3.8, 4) is 17.2 Å². The van der Waals surface area contributed by atoms with Gasteiger partial charge in [0.05, 0.1) is 30.1 Å². The summed E-state index contributed by atoms with van der Waals surface area (Å²) in [6, 6.07) is 6.10. The lowest BCUT2D eigenvalue weighted by molar-refractivity contribution is -0.385. The minimum atomic E-state index is -0.743. The number of halogens is 3. The Balaban J connectivity index is 2.43. The average Bonchev–Trinajstić information content (AvgIpc) is 2.72. The lowest BCUT2D eigenvalue weighted by Crippen LogP contribution is -2.12. The van der Waals surface area contributed by atoms with Gasteiger partial charge in [-0.15, -0.1) is 11.6 Å². The third kappa shape index (κ3) is 5.77. The van der Waals surface area contributed by atoms with Crippen molar-refractivity contribution in [3.05, 3.63) is 56.3 Å². The van der Waals surface area contributed by atoms with Crippen LogP contribution >= 0.6 is 23.2 Å². The summed E-state index contributed by atoms with van der Waals surface area (Å²) < 4.78 is 29.8. The Hall–Kier alpha value is -2.58. The summed E-state index contributed by atoms with van der Waals surface area (Å²) in [7, 11) is 1.23. The zero-order valence-electron chi connectivity index (χ0n) is 17.2. The number of hydrogen-bond acceptors (Lipinski definition) is 6. The van der Waals surface area contributed by atoms with Crippen LogP contribution in [0.15, 0.2) is 24.3 Å². The van der Waals surface area contributed by atoms with Gasteiger partial charge >= 0.3 is 5.69 Å². The molecule has 0 aliphatic heterocycles. The molecule has 0 heterocycles. The summed E-state index contributed by atoms with van der Waals surface area (Å²) in [5, 5.41) is 11.2. The van der Waals surface area contributed by atoms with Crippen LogP contribution in [0.25, 0.3) is 0 Å². The standard InChI is InChI=1S/C21H22Cl2FNO6/c1-12(14-4-6-15(24)7-5-14)8-10-30-21-19(31-11-9-22)16(13(2)26)17(23)18(25(27)28)20(21)29-3/h4-7,12H,8-11H2,1-3H3. The number of ketones is 1. The Kier molecular flexibility index (Phi) is 8.88. The Morgan fingerprint density at radius 1 is 1.16 bits per heavy atom. The topological polar surface area (TPSA) is 87.9 Å². The van der Waals surface area contributed by atoms with Crippen LogP contribution in [-0.2, 0) is 0 Å². The Bertz CT molecular complexity index is 952. The van der Waals surface area contributed by atoms with Crippen molar-refractivity contribution in [3.63, 3.8) is 0 Å². The summed E-state index contributed by atoms with van der Waals surface area (Å²) in [5.74, 6) is -1.16. The lowest BCUT2D eigenvalue weighted by Gasteiger charge is -2.20. The van der Waals surface area contributed by atoms with Crippen LogP contribution in [0.2, 0.25) is 5.02 Å². The molecule has 0 radical (unpaired) electrons. The molecular weight excluding hydrogens is 452 g/mol. The first-order chi connectivity index (χ1) is 14.7. The number of nitro groups is 1. The molecular formula is C21H22Cl2FNO6. The molecule has 0 saturated heterocycles. The fourth-order valence-corrected chi connectivity index (χ4v) is 3.46. The minimum absolute atomic E-state index is 0.00775. The van der Waals surface area contributed by atoms with Gasteiger partial charge in [0.25, 0.3) is 0 Å². The first kappa shape index (κ1) is 24.7. The first-order valence-corrected chi connectivity index (χ1v) is 10.3. The lowest BCUT2D eigenvalue weighted by atomic mass is 9.98. The summed E-state index contributed by atoms with van der Waals surface area (Å²) in [5.41, 5.74) is 0.136. The average molecular weight is 474 g/mol. The Morgan fingerprint density at radius 2 is 1.77 bits per heavy atom. The Labute approximate surface area is 189 Å². The van der Waals surface area contributed by atoms with Crippen LogP contribution in [0.5, 0.6) is 17.2 Å². The van der Waals surface area contributed by atoms with E-state index < -0.39 is 21.4 Å². The number of alkyl halides is 1. The molecule has 168 valence electrons. The highest BCUT2D eigenvalue weighted by Crippen LogP contribution is 2.51. The number of ether oxygens (including phenoxy) is 3. The van der Waals surface area contributed by atoms with E-state index in [0.717, 1.165) is 5.56 Å². The number of methoxy groups -OCH3 is 1. The van der Waals surface area contributed by atoms with E-state index in [0.29, 0.717) is 6.42 Å². The van der Waals surface area contributed by atoms with E-state index in [-0.39, 0.29) is 53.6 Å². The molecule has 7 nitrogen and oxygen atoms in total. The molecule has 2 aromatic rings. The molecule has 0 fully saturated rings. The molecule has 0 spiro atoms. The normalized spacial score (nSPS) is 11.7. The largest absolute Gasteiger partial charge is 0.487 e. The van der Waals surface area contributed by atoms with Crippen LogP contribution < -0.4 is 14.2 Å². The van der Waals surface area contributed by atoms with Gasteiger partial charge in [-0.25, -0.2) is 4.39 Å². The number of nitro benzene ring substituents is 1. The first-order valence-electron chi connectivity index (χ1n) is 9.38. The molecule has 0 saturated carbocycles. The van der Waals surface area contributed by atoms with Gasteiger partial charge in [0.2, 0.25) is 11.5 Å². The van der Waals surface area contributed by atoms with Gasteiger partial charge in [0.15, 0.2) is 11.5 Å². The van der Waals surface area contributed by atoms with E-state index in [1.54, 1.807) is 12.1 Å². The van der Waals surface area contributed by atoms with Crippen molar-refractivity contribution in [2.45, 2.75) is 26.2 Å². The van der Waals surface area contributed by atoms with Crippen molar-refractivity contribution in [2.75, 3.05) is 26.2 Å². The molecule has 10 heteroatoms. The third-order valence-corrected chi connectivity index (χ3v) is 5.10. The summed E-state index contributed by atoms with van der Waals surface area (Å²) in [4.78, 5) is 23.1. The molecule has 0 aromatic heterocycles. The van der Waals surface area contributed by atoms with Gasteiger partial charge in [0, 0.05) is 0 Å². The van der Waals surface area contributed by atoms with E-state index in [4.69, 9.17) is 37.4 Å². The molecule has 0 bridgehead atoms. The molecule has 0 amide bonds. The van der Waals surface area contributed by atoms with Crippen LogP contribution in [0.1, 0.15) is 42.1 Å². The minimum Gasteiger partial charge on any atom is -0.487 e. The molecule has 1 unspecified atom stereocenters. The van der Waals surface area contributed by atoms with E-state index in [2.05, 4.69) is 0 Å². The smallest absolute Gasteiger partial charge is 0.334 e. The van der Waals surface area contributed by atoms with Gasteiger partial charge in [0.1, 0.15) is 17.4 Å². The van der Waals surface area contributed by atoms with Gasteiger partial charge in [-0.3, -0.25) is 14.9 Å². The summed E-state index contributed by atoms with van der Waals surface area (Å²) in [6.45, 7) is 3.28. The number of rotatable bonds is 11. The van der Waals surface area contributed by atoms with Crippen molar-refractivity contribution < 1.29 is 28.3 Å². The van der Waals surface area contributed by atoms with Crippen LogP contribution in [0.4, 0.5) is 10.1 Å². The van der Waals surface area contributed by atoms with Gasteiger partial charge in [-0.05, 0) is 37.0 Å². The van der Waals surface area contributed by atoms with E-state index in [1.165, 1.54) is 26.2 Å². The quantitative estimate of drug-likeness (QED) is 0.177. The second kappa shape index (κ2) is 11.2. The predicted molar refractivity (Wildman–Crippen MR) is 116 cm³/mol. The second-order valence-electron chi connectivity index (χ2n) is 6.67. The molecule has 1 atom stereocenters. The van der Waals surface area contributed by atoms with Crippen molar-refractivity contribution >= 4 is 34.7 Å². The monoisotopic (exact) mass is 473 g/mol. The Morgan fingerprint density at radius 3 is 2.29 bits per heavy atom. The number of nitrogens with zero attached hydrogens (tertiary/aromatic N) is 1. The van der Waals surface area contributed by atoms with Gasteiger partial charge in [-0.1, -0.05) is 30.7 Å². The molecule has 2 aromatic carbocycles. The zero-order valence-corrected chi connectivity index (χ0v) is 18.8. The highest BCUT2D eigenvalue weighted by molar-refractivity contribution is 6.37. The number of carbonyl (C=O) groups excluding carboxylic acids is 1. The maximum absolute atomic E-state index is 13.1. The van der Waals surface area contributed by atoms with E-state index >= 15 is 0 Å². The fraction of sp³-hybridized carbons (Fsp3) is 0.381. The second-order valence-corrected chi connectivity index (χ2v) is 7.43. The zero-order chi connectivity index (χ0) is 23.1. The predicted octanol–water partition coefficient (Wildman–Crippen LogP) is 5.79. The van der Waals surface area contributed by atoms with E-state index in [9.17, 15) is 19.3 Å². The van der Waals surface area contributed by atoms with Crippen LogP contribution in [-0.4, -0.2) is 36.9 Å².